The van der Waals surface area contributed by atoms with Crippen LogP contribution in [0.5, 0.6) is 0 Å². The number of hydrogen-bond acceptors (Lipinski definition) is 5. The van der Waals surface area contributed by atoms with Gasteiger partial charge in [0, 0.05) is 38.2 Å². The van der Waals surface area contributed by atoms with E-state index in [-0.39, 0.29) is 16.8 Å². The van der Waals surface area contributed by atoms with Gasteiger partial charge in [-0.3, -0.25) is 4.79 Å². The number of amides is 1. The third-order valence-electron chi connectivity index (χ3n) is 4.66. The molecule has 1 saturated carbocycles. The second kappa shape index (κ2) is 7.13. The quantitative estimate of drug-likeness (QED) is 0.741. The van der Waals surface area contributed by atoms with Crippen LogP contribution in [0.1, 0.15) is 31.2 Å². The van der Waals surface area contributed by atoms with Crippen molar-refractivity contribution in [2.45, 2.75) is 36.6 Å². The lowest BCUT2D eigenvalue weighted by molar-refractivity contribution is -0.122. The Labute approximate surface area is 148 Å². The first-order valence-electron chi connectivity index (χ1n) is 8.57. The summed E-state index contributed by atoms with van der Waals surface area (Å²) < 4.78 is 28.0. The number of carbonyl (C=O) groups is 1. The van der Waals surface area contributed by atoms with Gasteiger partial charge in [0.15, 0.2) is 0 Å². The Kier molecular flexibility index (Phi) is 5.10. The van der Waals surface area contributed by atoms with Crippen molar-refractivity contribution in [1.82, 2.24) is 10.2 Å². The Bertz CT molecular complexity index is 787. The fraction of sp³-hybridized carbons (Fsp3) is 0.529. The van der Waals surface area contributed by atoms with E-state index < -0.39 is 10.0 Å². The lowest BCUT2D eigenvalue weighted by Crippen LogP contribution is -2.41. The van der Waals surface area contributed by atoms with E-state index in [2.05, 4.69) is 9.71 Å². The van der Waals surface area contributed by atoms with Crippen LogP contribution >= 0.6 is 0 Å². The SMILES string of the molecule is CN(CCCC(=O)NC(CN)C1CC1)C1=NS(=O)(=O)c2ccccc21. The second-order valence-electron chi connectivity index (χ2n) is 6.66. The van der Waals surface area contributed by atoms with Crippen LogP contribution in [0.3, 0.4) is 0 Å². The minimum absolute atomic E-state index is 0.00266. The van der Waals surface area contributed by atoms with Crippen LogP contribution in [0.15, 0.2) is 33.6 Å². The summed E-state index contributed by atoms with van der Waals surface area (Å²) in [4.78, 5) is 14.1. The van der Waals surface area contributed by atoms with Crippen molar-refractivity contribution in [3.63, 3.8) is 0 Å². The zero-order chi connectivity index (χ0) is 18.0. The Morgan fingerprint density at radius 1 is 1.40 bits per heavy atom. The van der Waals surface area contributed by atoms with Gasteiger partial charge in [0.1, 0.15) is 10.7 Å². The summed E-state index contributed by atoms with van der Waals surface area (Å²) in [6.07, 6.45) is 3.28. The number of sulfonamides is 1. The molecule has 3 rings (SSSR count). The Hall–Kier alpha value is -1.93. The second-order valence-corrected chi connectivity index (χ2v) is 8.23. The lowest BCUT2D eigenvalue weighted by atomic mass is 10.1. The molecule has 7 nitrogen and oxygen atoms in total. The Morgan fingerprint density at radius 2 is 2.12 bits per heavy atom. The highest BCUT2D eigenvalue weighted by Gasteiger charge is 2.32. The first-order valence-corrected chi connectivity index (χ1v) is 10.0. The number of fused-ring (bicyclic) bond motifs is 1. The molecule has 1 aromatic carbocycles. The maximum absolute atomic E-state index is 12.1. The molecule has 8 heteroatoms. The number of nitrogens with one attached hydrogen (secondary N) is 1. The third-order valence-corrected chi connectivity index (χ3v) is 5.99. The number of nitrogens with two attached hydrogens (primary N) is 1. The van der Waals surface area contributed by atoms with Gasteiger partial charge in [-0.15, -0.1) is 4.40 Å². The molecule has 3 N–H and O–H groups in total. The van der Waals surface area contributed by atoms with E-state index >= 15 is 0 Å². The van der Waals surface area contributed by atoms with E-state index in [1.165, 1.54) is 0 Å². The largest absolute Gasteiger partial charge is 0.358 e. The Balaban J connectivity index is 1.53. The van der Waals surface area contributed by atoms with Crippen LogP contribution < -0.4 is 11.1 Å². The van der Waals surface area contributed by atoms with E-state index in [1.54, 1.807) is 36.2 Å². The molecule has 0 aromatic heterocycles. The highest BCUT2D eigenvalue weighted by atomic mass is 32.2. The summed E-state index contributed by atoms with van der Waals surface area (Å²) >= 11 is 0. The summed E-state index contributed by atoms with van der Waals surface area (Å²) in [7, 11) is -1.82. The predicted molar refractivity (Wildman–Crippen MR) is 95.7 cm³/mol. The van der Waals surface area contributed by atoms with Crippen LogP contribution in [0.2, 0.25) is 0 Å². The number of nitrogens with zero attached hydrogens (tertiary/aromatic N) is 2. The van der Waals surface area contributed by atoms with E-state index in [1.807, 2.05) is 0 Å². The van der Waals surface area contributed by atoms with Crippen LogP contribution in [0, 0.1) is 5.92 Å². The van der Waals surface area contributed by atoms with Gasteiger partial charge in [-0.2, -0.15) is 8.42 Å². The van der Waals surface area contributed by atoms with Crippen molar-refractivity contribution in [3.05, 3.63) is 29.8 Å². The molecule has 1 atom stereocenters. The van der Waals surface area contributed by atoms with Crippen LogP contribution in [-0.4, -0.2) is 51.2 Å². The molecule has 1 fully saturated rings. The zero-order valence-electron chi connectivity index (χ0n) is 14.3. The van der Waals surface area contributed by atoms with Crippen molar-refractivity contribution in [3.8, 4) is 0 Å². The Morgan fingerprint density at radius 3 is 2.80 bits per heavy atom. The smallest absolute Gasteiger partial charge is 0.285 e. The monoisotopic (exact) mass is 364 g/mol. The van der Waals surface area contributed by atoms with Crippen molar-refractivity contribution >= 4 is 21.8 Å². The summed E-state index contributed by atoms with van der Waals surface area (Å²) in [5.41, 5.74) is 6.31. The van der Waals surface area contributed by atoms with E-state index in [0.29, 0.717) is 43.2 Å². The number of hydrogen-bond donors (Lipinski definition) is 2. The van der Waals surface area contributed by atoms with Gasteiger partial charge < -0.3 is 16.0 Å². The molecular weight excluding hydrogens is 340 g/mol. The topological polar surface area (TPSA) is 105 Å². The fourth-order valence-corrected chi connectivity index (χ4v) is 4.34. The van der Waals surface area contributed by atoms with Gasteiger partial charge in [0.2, 0.25) is 5.91 Å². The molecule has 1 heterocycles. The first-order chi connectivity index (χ1) is 11.9. The molecule has 25 heavy (non-hydrogen) atoms. The van der Waals surface area contributed by atoms with E-state index in [0.717, 1.165) is 12.8 Å². The minimum atomic E-state index is -3.61. The summed E-state index contributed by atoms with van der Waals surface area (Å²) in [5.74, 6) is 0.970. The molecule has 0 radical (unpaired) electrons. The van der Waals surface area contributed by atoms with E-state index in [9.17, 15) is 13.2 Å². The van der Waals surface area contributed by atoms with Crippen molar-refractivity contribution in [2.24, 2.45) is 16.0 Å². The highest BCUT2D eigenvalue weighted by Crippen LogP contribution is 2.32. The zero-order valence-corrected chi connectivity index (χ0v) is 15.1. The number of carbonyl (C=O) groups excluding carboxylic acids is 1. The molecule has 1 unspecified atom stereocenters. The van der Waals surface area contributed by atoms with Gasteiger partial charge in [0.05, 0.1) is 0 Å². The van der Waals surface area contributed by atoms with Crippen molar-refractivity contribution in [2.75, 3.05) is 20.1 Å². The summed E-state index contributed by atoms with van der Waals surface area (Å²) in [5, 5.41) is 2.99. The molecule has 1 amide bonds. The first kappa shape index (κ1) is 17.9. The number of benzene rings is 1. The van der Waals surface area contributed by atoms with Gasteiger partial charge in [0.25, 0.3) is 10.0 Å². The maximum atomic E-state index is 12.1. The maximum Gasteiger partial charge on any atom is 0.285 e. The number of amidine groups is 1. The van der Waals surface area contributed by atoms with Crippen molar-refractivity contribution in [1.29, 1.82) is 0 Å². The number of rotatable bonds is 7. The van der Waals surface area contributed by atoms with Gasteiger partial charge in [-0.25, -0.2) is 0 Å². The minimum Gasteiger partial charge on any atom is -0.358 e. The summed E-state index contributed by atoms with van der Waals surface area (Å²) in [6.45, 7) is 1.02. The average molecular weight is 364 g/mol. The van der Waals surface area contributed by atoms with Crippen LogP contribution in [0.4, 0.5) is 0 Å². The normalized spacial score (nSPS) is 19.0. The van der Waals surface area contributed by atoms with Crippen LogP contribution in [0.25, 0.3) is 0 Å². The van der Waals surface area contributed by atoms with Crippen molar-refractivity contribution < 1.29 is 13.2 Å². The van der Waals surface area contributed by atoms with Gasteiger partial charge in [-0.1, -0.05) is 12.1 Å². The lowest BCUT2D eigenvalue weighted by Gasteiger charge is -2.20. The van der Waals surface area contributed by atoms with Gasteiger partial charge >= 0.3 is 0 Å². The highest BCUT2D eigenvalue weighted by molar-refractivity contribution is 7.90. The summed E-state index contributed by atoms with van der Waals surface area (Å²) in [6, 6.07) is 6.88. The predicted octanol–water partition coefficient (Wildman–Crippen LogP) is 0.701. The molecule has 1 aliphatic heterocycles. The molecule has 0 bridgehead atoms. The molecule has 0 saturated heterocycles. The molecule has 0 spiro atoms. The average Bonchev–Trinajstić information content (AvgIpc) is 3.38. The molecule has 136 valence electrons. The van der Waals surface area contributed by atoms with E-state index in [4.69, 9.17) is 5.73 Å². The molecule has 1 aromatic rings. The fourth-order valence-electron chi connectivity index (χ4n) is 3.09. The molecule has 1 aliphatic carbocycles. The van der Waals surface area contributed by atoms with Gasteiger partial charge in [-0.05, 0) is 37.3 Å². The molecule has 2 aliphatic rings. The standard InChI is InChI=1S/C17H24N4O3S/c1-21(10-4-7-16(22)19-14(11-18)12-8-9-12)17-13-5-2-3-6-15(13)25(23,24)20-17/h2-3,5-6,12,14H,4,7-11,18H2,1H3,(H,19,22). The molecular formula is C17H24N4O3S. The van der Waals surface area contributed by atoms with Crippen LogP contribution in [-0.2, 0) is 14.8 Å². The third kappa shape index (κ3) is 4.01.